The number of nitrogens with one attached hydrogen (secondary N) is 1. The Bertz CT molecular complexity index is 998. The van der Waals surface area contributed by atoms with E-state index >= 15 is 0 Å². The van der Waals surface area contributed by atoms with Gasteiger partial charge in [-0.05, 0) is 44.0 Å². The quantitative estimate of drug-likeness (QED) is 0.893. The predicted octanol–water partition coefficient (Wildman–Crippen LogP) is 2.33. The number of hydrogen-bond donors (Lipinski definition) is 1. The van der Waals surface area contributed by atoms with Gasteiger partial charge in [0.05, 0.1) is 11.6 Å². The number of amides is 2. The molecule has 1 aliphatic rings. The minimum absolute atomic E-state index is 0.0553. The van der Waals surface area contributed by atoms with E-state index in [2.05, 4.69) is 5.32 Å². The first-order valence-corrected chi connectivity index (χ1v) is 9.68. The van der Waals surface area contributed by atoms with E-state index in [9.17, 15) is 18.0 Å². The van der Waals surface area contributed by atoms with Crippen molar-refractivity contribution in [2.24, 2.45) is 0 Å². The van der Waals surface area contributed by atoms with Crippen LogP contribution in [0.3, 0.4) is 0 Å². The van der Waals surface area contributed by atoms with Gasteiger partial charge in [0, 0.05) is 0 Å². The molecule has 0 spiro atoms. The third-order valence-electron chi connectivity index (χ3n) is 4.47. The number of carbonyl (C=O) groups excluding carboxylic acids is 2. The summed E-state index contributed by atoms with van der Waals surface area (Å²) in [6.07, 6.45) is 0. The molecule has 6 nitrogen and oxygen atoms in total. The minimum Gasteiger partial charge on any atom is -0.348 e. The lowest BCUT2D eigenvalue weighted by molar-refractivity contribution is -0.121. The van der Waals surface area contributed by atoms with E-state index in [1.165, 1.54) is 12.1 Å². The van der Waals surface area contributed by atoms with Gasteiger partial charge in [-0.3, -0.25) is 9.59 Å². The van der Waals surface area contributed by atoms with Gasteiger partial charge in [0.1, 0.15) is 11.4 Å². The molecule has 3 rings (SSSR count). The molecule has 2 aromatic rings. The molecule has 7 heteroatoms. The molecular weight excluding hydrogens is 352 g/mol. The maximum atomic E-state index is 12.5. The lowest BCUT2D eigenvalue weighted by Gasteiger charge is -2.20. The van der Waals surface area contributed by atoms with Crippen LogP contribution < -0.4 is 5.32 Å². The molecule has 1 aliphatic heterocycles. The number of hydrogen-bond acceptors (Lipinski definition) is 4. The molecule has 0 saturated heterocycles. The maximum Gasteiger partial charge on any atom is 0.269 e. The fourth-order valence-corrected chi connectivity index (χ4v) is 4.72. The van der Waals surface area contributed by atoms with Gasteiger partial charge < -0.3 is 5.32 Å². The van der Waals surface area contributed by atoms with Gasteiger partial charge in [0.15, 0.2) is 0 Å². The molecule has 26 heavy (non-hydrogen) atoms. The van der Waals surface area contributed by atoms with Crippen LogP contribution in [0.25, 0.3) is 0 Å². The summed E-state index contributed by atoms with van der Waals surface area (Å²) in [5, 5.41) is 2.77. The van der Waals surface area contributed by atoms with Crippen molar-refractivity contribution < 1.29 is 18.0 Å². The Kier molecular flexibility index (Phi) is 4.58. The zero-order chi connectivity index (χ0) is 19.1. The van der Waals surface area contributed by atoms with Gasteiger partial charge in [-0.2, -0.15) is 0 Å². The average Bonchev–Trinajstić information content (AvgIpc) is 2.76. The zero-order valence-electron chi connectivity index (χ0n) is 14.8. The molecule has 0 saturated carbocycles. The summed E-state index contributed by atoms with van der Waals surface area (Å²) in [7, 11) is -3.98. The molecule has 2 aromatic carbocycles. The van der Waals surface area contributed by atoms with E-state index in [1.807, 2.05) is 39.0 Å². The monoisotopic (exact) mass is 372 g/mol. The molecule has 0 aromatic heterocycles. The Hall–Kier alpha value is -2.67. The number of sulfonamides is 1. The van der Waals surface area contributed by atoms with Crippen LogP contribution in [0.15, 0.2) is 47.4 Å². The fourth-order valence-electron chi connectivity index (χ4n) is 3.19. The Morgan fingerprint density at radius 2 is 1.85 bits per heavy atom. The normalized spacial score (nSPS) is 16.3. The van der Waals surface area contributed by atoms with Crippen LogP contribution in [0.1, 0.15) is 40.0 Å². The standard InChI is InChI=1S/C19H20N2O4S/c1-12-8-9-15(13(2)10-12)14(3)20-18(22)11-21-19(23)16-6-4-5-7-17(16)26(21,24)25/h4-10,14H,11H2,1-3H3,(H,20,22). The molecule has 0 radical (unpaired) electrons. The summed E-state index contributed by atoms with van der Waals surface area (Å²) >= 11 is 0. The first kappa shape index (κ1) is 18.1. The van der Waals surface area contributed by atoms with Crippen LogP contribution in [-0.4, -0.2) is 31.1 Å². The number of rotatable bonds is 4. The van der Waals surface area contributed by atoms with Crippen LogP contribution in [0.4, 0.5) is 0 Å². The lowest BCUT2D eigenvalue weighted by atomic mass is 10.0. The molecule has 0 fully saturated rings. The van der Waals surface area contributed by atoms with E-state index in [1.54, 1.807) is 12.1 Å². The van der Waals surface area contributed by atoms with Crippen LogP contribution in [0.2, 0.25) is 0 Å². The van der Waals surface area contributed by atoms with Crippen LogP contribution in [0.5, 0.6) is 0 Å². The second-order valence-corrected chi connectivity index (χ2v) is 8.29. The van der Waals surface area contributed by atoms with Gasteiger partial charge in [-0.1, -0.05) is 35.9 Å². The third-order valence-corrected chi connectivity index (χ3v) is 6.26. The third kappa shape index (κ3) is 3.10. The lowest BCUT2D eigenvalue weighted by Crippen LogP contribution is -2.41. The topological polar surface area (TPSA) is 83.6 Å². The predicted molar refractivity (Wildman–Crippen MR) is 97.1 cm³/mol. The van der Waals surface area contributed by atoms with E-state index in [4.69, 9.17) is 0 Å². The van der Waals surface area contributed by atoms with E-state index in [-0.39, 0.29) is 16.5 Å². The molecule has 0 bridgehead atoms. The summed E-state index contributed by atoms with van der Waals surface area (Å²) < 4.78 is 25.6. The summed E-state index contributed by atoms with van der Waals surface area (Å²) in [4.78, 5) is 24.7. The fraction of sp³-hybridized carbons (Fsp3) is 0.263. The van der Waals surface area contributed by atoms with Gasteiger partial charge in [-0.15, -0.1) is 0 Å². The molecule has 1 unspecified atom stereocenters. The highest BCUT2D eigenvalue weighted by Crippen LogP contribution is 2.29. The van der Waals surface area contributed by atoms with Crippen molar-refractivity contribution in [3.63, 3.8) is 0 Å². The van der Waals surface area contributed by atoms with Crippen molar-refractivity contribution in [1.29, 1.82) is 0 Å². The first-order valence-electron chi connectivity index (χ1n) is 8.24. The van der Waals surface area contributed by atoms with Crippen LogP contribution in [-0.2, 0) is 14.8 Å². The average molecular weight is 372 g/mol. The molecule has 136 valence electrons. The Labute approximate surface area is 152 Å². The van der Waals surface area contributed by atoms with Crippen molar-refractivity contribution >= 4 is 21.8 Å². The molecule has 2 amide bonds. The van der Waals surface area contributed by atoms with Gasteiger partial charge in [0.25, 0.3) is 15.9 Å². The second-order valence-electron chi connectivity index (χ2n) is 6.46. The number of aryl methyl sites for hydroxylation is 2. The van der Waals surface area contributed by atoms with Crippen LogP contribution >= 0.6 is 0 Å². The summed E-state index contributed by atoms with van der Waals surface area (Å²) in [5.74, 6) is -1.20. The van der Waals surface area contributed by atoms with E-state index in [0.717, 1.165) is 16.7 Å². The van der Waals surface area contributed by atoms with Gasteiger partial charge >= 0.3 is 0 Å². The maximum absolute atomic E-state index is 12.5. The second kappa shape index (κ2) is 6.57. The van der Waals surface area contributed by atoms with Crippen molar-refractivity contribution in [1.82, 2.24) is 9.62 Å². The first-order chi connectivity index (χ1) is 12.2. The Morgan fingerprint density at radius 1 is 1.15 bits per heavy atom. The minimum atomic E-state index is -3.98. The smallest absolute Gasteiger partial charge is 0.269 e. The summed E-state index contributed by atoms with van der Waals surface area (Å²) in [5.41, 5.74) is 3.21. The van der Waals surface area contributed by atoms with Crippen molar-refractivity contribution in [2.45, 2.75) is 31.7 Å². The highest BCUT2D eigenvalue weighted by Gasteiger charge is 2.41. The Morgan fingerprint density at radius 3 is 2.50 bits per heavy atom. The molecule has 1 N–H and O–H groups in total. The number of fused-ring (bicyclic) bond motifs is 1. The zero-order valence-corrected chi connectivity index (χ0v) is 15.6. The summed E-state index contributed by atoms with van der Waals surface area (Å²) in [6.45, 7) is 5.23. The molecule has 1 heterocycles. The molecule has 1 atom stereocenters. The van der Waals surface area contributed by atoms with E-state index < -0.39 is 28.4 Å². The van der Waals surface area contributed by atoms with Crippen molar-refractivity contribution in [2.75, 3.05) is 6.54 Å². The van der Waals surface area contributed by atoms with Crippen molar-refractivity contribution in [3.8, 4) is 0 Å². The molecular formula is C19H20N2O4S. The SMILES string of the molecule is Cc1ccc(C(C)NC(=O)CN2C(=O)c3ccccc3S2(=O)=O)c(C)c1. The number of carbonyl (C=O) groups is 2. The number of nitrogens with zero attached hydrogens (tertiary/aromatic N) is 1. The number of benzene rings is 2. The van der Waals surface area contributed by atoms with Gasteiger partial charge in [0.2, 0.25) is 5.91 Å². The Balaban J connectivity index is 1.76. The van der Waals surface area contributed by atoms with E-state index in [0.29, 0.717) is 4.31 Å². The van der Waals surface area contributed by atoms with Gasteiger partial charge in [-0.25, -0.2) is 12.7 Å². The van der Waals surface area contributed by atoms with Crippen molar-refractivity contribution in [3.05, 3.63) is 64.7 Å². The highest BCUT2D eigenvalue weighted by atomic mass is 32.2. The molecule has 0 aliphatic carbocycles. The highest BCUT2D eigenvalue weighted by molar-refractivity contribution is 7.90. The van der Waals surface area contributed by atoms with Crippen LogP contribution in [0, 0.1) is 13.8 Å². The summed E-state index contributed by atoms with van der Waals surface area (Å²) in [6, 6.07) is 11.6. The largest absolute Gasteiger partial charge is 0.348 e.